The summed E-state index contributed by atoms with van der Waals surface area (Å²) in [5, 5.41) is 22.3. The highest BCUT2D eigenvalue weighted by atomic mass is 16.3. The Labute approximate surface area is 272 Å². The molecule has 46 heavy (non-hydrogen) atoms. The SMILES string of the molecule is CCCCC1=C(C)c2cc3nc(cc4[nH]c(cc5[nH]c(cc1n2)c(CC)c5CC)c(CCCC)c4C)C1=C3C2C=CC1C(O)C2O. The summed E-state index contributed by atoms with van der Waals surface area (Å²) in [6, 6.07) is 8.90. The highest BCUT2D eigenvalue weighted by Crippen LogP contribution is 2.51. The topological polar surface area (TPSA) is 97.8 Å². The number of unbranched alkanes of at least 4 members (excludes halogenated alkanes) is 2. The highest BCUT2D eigenvalue weighted by molar-refractivity contribution is 6.00. The average Bonchev–Trinajstić information content (AvgIpc) is 3.75. The molecule has 0 amide bonds. The van der Waals surface area contributed by atoms with Crippen LogP contribution in [0.5, 0.6) is 0 Å². The molecule has 3 aromatic rings. The summed E-state index contributed by atoms with van der Waals surface area (Å²) in [6.07, 6.45) is 10.8. The molecule has 4 unspecified atom stereocenters. The van der Waals surface area contributed by atoms with Gasteiger partial charge in [-0.05, 0) is 121 Å². The smallest absolute Gasteiger partial charge is 0.0912 e. The molecule has 5 heterocycles. The van der Waals surface area contributed by atoms with E-state index in [4.69, 9.17) is 9.97 Å². The van der Waals surface area contributed by atoms with Crippen LogP contribution in [0.15, 0.2) is 36.4 Å². The van der Waals surface area contributed by atoms with E-state index in [1.54, 1.807) is 0 Å². The second-order valence-corrected chi connectivity index (χ2v) is 13.6. The number of aromatic amines is 2. The van der Waals surface area contributed by atoms with Crippen LogP contribution >= 0.6 is 0 Å². The fourth-order valence-corrected chi connectivity index (χ4v) is 8.27. The number of nitrogens with one attached hydrogen (secondary N) is 2. The Hall–Kier alpha value is -3.74. The van der Waals surface area contributed by atoms with Crippen molar-refractivity contribution >= 4 is 44.4 Å². The van der Waals surface area contributed by atoms with Crippen molar-refractivity contribution in [1.82, 2.24) is 19.9 Å². The molecule has 6 heteroatoms. The van der Waals surface area contributed by atoms with Crippen molar-refractivity contribution in [3.63, 3.8) is 0 Å². The second kappa shape index (κ2) is 12.1. The van der Waals surface area contributed by atoms with Crippen molar-refractivity contribution in [3.05, 3.63) is 81.4 Å². The van der Waals surface area contributed by atoms with Gasteiger partial charge in [0.1, 0.15) is 0 Å². The molecule has 6 nitrogen and oxygen atoms in total. The molecular formula is C40H48N4O2. The Balaban J connectivity index is 1.61. The summed E-state index contributed by atoms with van der Waals surface area (Å²) in [6.45, 7) is 13.4. The lowest BCUT2D eigenvalue weighted by Crippen LogP contribution is -2.45. The Kier molecular flexibility index (Phi) is 8.14. The van der Waals surface area contributed by atoms with Gasteiger partial charge in [0.05, 0.1) is 35.0 Å². The van der Waals surface area contributed by atoms with Gasteiger partial charge in [-0.25, -0.2) is 9.97 Å². The summed E-state index contributed by atoms with van der Waals surface area (Å²) < 4.78 is 0. The Morgan fingerprint density at radius 1 is 0.609 bits per heavy atom. The minimum absolute atomic E-state index is 0.298. The molecule has 0 fully saturated rings. The maximum atomic E-state index is 11.1. The maximum Gasteiger partial charge on any atom is 0.0912 e. The molecule has 3 aliphatic carbocycles. The van der Waals surface area contributed by atoms with Crippen molar-refractivity contribution in [2.75, 3.05) is 0 Å². The summed E-state index contributed by atoms with van der Waals surface area (Å²) in [4.78, 5) is 18.2. The molecule has 8 rings (SSSR count). The van der Waals surface area contributed by atoms with E-state index < -0.39 is 12.2 Å². The van der Waals surface area contributed by atoms with Crippen LogP contribution in [-0.4, -0.2) is 42.4 Å². The molecule has 10 bridgehead atoms. The first-order chi connectivity index (χ1) is 22.3. The highest BCUT2D eigenvalue weighted by Gasteiger charge is 2.47. The van der Waals surface area contributed by atoms with E-state index in [0.717, 1.165) is 102 Å². The zero-order valence-electron chi connectivity index (χ0n) is 28.2. The van der Waals surface area contributed by atoms with Crippen LogP contribution in [0.25, 0.3) is 44.4 Å². The van der Waals surface area contributed by atoms with Crippen molar-refractivity contribution in [1.29, 1.82) is 0 Å². The van der Waals surface area contributed by atoms with Gasteiger partial charge in [-0.15, -0.1) is 0 Å². The van der Waals surface area contributed by atoms with E-state index in [-0.39, 0.29) is 11.8 Å². The number of allylic oxidation sites excluding steroid dienone is 2. The van der Waals surface area contributed by atoms with Crippen LogP contribution in [0.4, 0.5) is 0 Å². The molecule has 3 aromatic heterocycles. The fourth-order valence-electron chi connectivity index (χ4n) is 8.27. The summed E-state index contributed by atoms with van der Waals surface area (Å²) in [5.41, 5.74) is 18.1. The van der Waals surface area contributed by atoms with Crippen molar-refractivity contribution < 1.29 is 10.2 Å². The monoisotopic (exact) mass is 616 g/mol. The van der Waals surface area contributed by atoms with E-state index in [9.17, 15) is 10.2 Å². The van der Waals surface area contributed by atoms with Gasteiger partial charge in [0.2, 0.25) is 0 Å². The minimum Gasteiger partial charge on any atom is -0.389 e. The van der Waals surface area contributed by atoms with Crippen LogP contribution in [0.3, 0.4) is 0 Å². The first kappa shape index (κ1) is 30.9. The Morgan fingerprint density at radius 2 is 1.13 bits per heavy atom. The van der Waals surface area contributed by atoms with Crippen LogP contribution in [0, 0.1) is 18.8 Å². The second-order valence-electron chi connectivity index (χ2n) is 13.6. The Bertz CT molecular complexity index is 1970. The minimum atomic E-state index is -0.852. The van der Waals surface area contributed by atoms with Gasteiger partial charge in [0.25, 0.3) is 0 Å². The van der Waals surface area contributed by atoms with Gasteiger partial charge < -0.3 is 20.2 Å². The standard InChI is InChI=1S/C40H48N4O2/c1-7-11-13-25-21(5)29-17-35-37-27-15-16-28(40(46)39(27)45)38(37)36(44-35)18-30-22(6)26(14-12-8-2)34(42-30)20-32-24(10-4)23(9-3)31(43-32)19-33(25)41-29/h15-20,27-28,39-41,43,45-46H,7-14H2,1-6H3. The average molecular weight is 617 g/mol. The van der Waals surface area contributed by atoms with Crippen molar-refractivity contribution in [2.24, 2.45) is 11.8 Å². The van der Waals surface area contributed by atoms with Crippen molar-refractivity contribution in [2.45, 2.75) is 105 Å². The lowest BCUT2D eigenvalue weighted by atomic mass is 9.67. The number of aliphatic hydroxyl groups is 2. The van der Waals surface area contributed by atoms with Gasteiger partial charge in [-0.3, -0.25) is 0 Å². The number of hydrogen-bond acceptors (Lipinski definition) is 4. The first-order valence-corrected chi connectivity index (χ1v) is 17.5. The molecule has 0 radical (unpaired) electrons. The fraction of sp³-hybridized carbons (Fsp3) is 0.450. The quantitative estimate of drug-likeness (QED) is 0.190. The molecule has 5 aliphatic rings. The van der Waals surface area contributed by atoms with Crippen LogP contribution in [0.1, 0.15) is 112 Å². The molecule has 240 valence electrons. The number of aryl methyl sites for hydroxylation is 4. The predicted molar refractivity (Wildman–Crippen MR) is 190 cm³/mol. The number of rotatable bonds is 8. The van der Waals surface area contributed by atoms with Crippen LogP contribution in [0.2, 0.25) is 0 Å². The van der Waals surface area contributed by atoms with E-state index in [2.05, 4.69) is 87.9 Å². The zero-order chi connectivity index (χ0) is 32.3. The van der Waals surface area contributed by atoms with Crippen LogP contribution < -0.4 is 0 Å². The summed E-state index contributed by atoms with van der Waals surface area (Å²) in [7, 11) is 0. The van der Waals surface area contributed by atoms with Crippen molar-refractivity contribution in [3.8, 4) is 0 Å². The van der Waals surface area contributed by atoms with Crippen LogP contribution in [-0.2, 0) is 19.3 Å². The normalized spacial score (nSPS) is 21.9. The number of fused-ring (bicyclic) bond motifs is 9. The first-order valence-electron chi connectivity index (χ1n) is 17.5. The Morgan fingerprint density at radius 3 is 1.76 bits per heavy atom. The van der Waals surface area contributed by atoms with E-state index in [1.807, 2.05) is 0 Å². The third-order valence-electron chi connectivity index (χ3n) is 10.9. The third kappa shape index (κ3) is 4.84. The van der Waals surface area contributed by atoms with E-state index in [1.165, 1.54) is 38.9 Å². The number of nitrogens with zero attached hydrogens (tertiary/aromatic N) is 2. The van der Waals surface area contributed by atoms with Gasteiger partial charge in [-0.1, -0.05) is 52.7 Å². The maximum absolute atomic E-state index is 11.1. The molecule has 4 N–H and O–H groups in total. The lowest BCUT2D eigenvalue weighted by Gasteiger charge is -2.40. The van der Waals surface area contributed by atoms with E-state index >= 15 is 0 Å². The van der Waals surface area contributed by atoms with Gasteiger partial charge in [0.15, 0.2) is 0 Å². The number of aliphatic hydroxyl groups excluding tert-OH is 2. The molecule has 0 aromatic carbocycles. The van der Waals surface area contributed by atoms with Gasteiger partial charge in [0, 0.05) is 33.9 Å². The zero-order valence-corrected chi connectivity index (χ0v) is 28.2. The summed E-state index contributed by atoms with van der Waals surface area (Å²) >= 11 is 0. The lowest BCUT2D eigenvalue weighted by molar-refractivity contribution is -0.0158. The molecule has 0 saturated heterocycles. The number of aromatic nitrogens is 4. The predicted octanol–water partition coefficient (Wildman–Crippen LogP) is 8.66. The number of hydrogen-bond donors (Lipinski definition) is 4. The van der Waals surface area contributed by atoms with Gasteiger partial charge in [-0.2, -0.15) is 0 Å². The third-order valence-corrected chi connectivity index (χ3v) is 10.9. The molecular weight excluding hydrogens is 568 g/mol. The molecule has 2 aliphatic heterocycles. The molecule has 0 spiro atoms. The van der Waals surface area contributed by atoms with E-state index in [0.29, 0.717) is 0 Å². The molecule has 4 atom stereocenters. The van der Waals surface area contributed by atoms with Gasteiger partial charge >= 0.3 is 0 Å². The largest absolute Gasteiger partial charge is 0.389 e. The summed E-state index contributed by atoms with van der Waals surface area (Å²) in [5.74, 6) is -0.600. The number of H-pyrrole nitrogens is 2. The molecule has 0 saturated carbocycles.